The lowest BCUT2D eigenvalue weighted by molar-refractivity contribution is 0.101. The highest BCUT2D eigenvalue weighted by Gasteiger charge is 2.11. The van der Waals surface area contributed by atoms with Crippen molar-refractivity contribution in [3.05, 3.63) is 58.1 Å². The van der Waals surface area contributed by atoms with Crippen LogP contribution in [0.25, 0.3) is 11.1 Å². The molecule has 0 heterocycles. The highest BCUT2D eigenvalue weighted by Crippen LogP contribution is 2.32. The van der Waals surface area contributed by atoms with E-state index < -0.39 is 0 Å². The van der Waals surface area contributed by atoms with E-state index in [-0.39, 0.29) is 5.78 Å². The van der Waals surface area contributed by atoms with Crippen LogP contribution in [0.5, 0.6) is 0 Å². The van der Waals surface area contributed by atoms with Crippen molar-refractivity contribution < 1.29 is 4.79 Å². The molecule has 0 spiro atoms. The predicted octanol–water partition coefficient (Wildman–Crippen LogP) is 5.64. The molecule has 20 heavy (non-hydrogen) atoms. The molecule has 2 aromatic rings. The molecule has 0 aliphatic carbocycles. The van der Waals surface area contributed by atoms with Gasteiger partial charge in [0, 0.05) is 16.1 Å². The summed E-state index contributed by atoms with van der Waals surface area (Å²) in [5.41, 5.74) is 5.02. The number of benzene rings is 2. The minimum Gasteiger partial charge on any atom is -0.295 e. The molecule has 0 aromatic heterocycles. The van der Waals surface area contributed by atoms with E-state index in [4.69, 9.17) is 11.6 Å². The van der Waals surface area contributed by atoms with Gasteiger partial charge in [-0.1, -0.05) is 49.7 Å². The monoisotopic (exact) mass is 286 g/mol. The van der Waals surface area contributed by atoms with Crippen molar-refractivity contribution >= 4 is 17.4 Å². The van der Waals surface area contributed by atoms with Crippen LogP contribution in [0.15, 0.2) is 36.4 Å². The molecule has 0 aliphatic rings. The Morgan fingerprint density at radius 3 is 2.45 bits per heavy atom. The van der Waals surface area contributed by atoms with Gasteiger partial charge in [0.2, 0.25) is 0 Å². The molecule has 0 aliphatic heterocycles. The average molecular weight is 287 g/mol. The maximum absolute atomic E-state index is 11.6. The Kier molecular flexibility index (Phi) is 4.29. The molecule has 0 fully saturated rings. The van der Waals surface area contributed by atoms with Crippen LogP contribution < -0.4 is 0 Å². The molecule has 0 N–H and O–H groups in total. The summed E-state index contributed by atoms with van der Waals surface area (Å²) >= 11 is 6.36. The Morgan fingerprint density at radius 2 is 1.85 bits per heavy atom. The molecule has 2 heteroatoms. The third-order valence-corrected chi connectivity index (χ3v) is 3.87. The molecule has 0 unspecified atom stereocenters. The summed E-state index contributed by atoms with van der Waals surface area (Å²) < 4.78 is 0. The molecule has 0 saturated heterocycles. The van der Waals surface area contributed by atoms with E-state index in [0.29, 0.717) is 16.5 Å². The molecule has 0 amide bonds. The van der Waals surface area contributed by atoms with Crippen molar-refractivity contribution in [1.82, 2.24) is 0 Å². The van der Waals surface area contributed by atoms with E-state index >= 15 is 0 Å². The van der Waals surface area contributed by atoms with Crippen LogP contribution in [0.4, 0.5) is 0 Å². The summed E-state index contributed by atoms with van der Waals surface area (Å²) in [6.45, 7) is 7.86. The summed E-state index contributed by atoms with van der Waals surface area (Å²) in [6, 6.07) is 12.2. The quantitative estimate of drug-likeness (QED) is 0.667. The fourth-order valence-electron chi connectivity index (χ4n) is 2.35. The van der Waals surface area contributed by atoms with Crippen LogP contribution in [-0.4, -0.2) is 5.78 Å². The minimum absolute atomic E-state index is 0.0480. The van der Waals surface area contributed by atoms with E-state index in [1.807, 2.05) is 13.0 Å². The zero-order chi connectivity index (χ0) is 14.9. The lowest BCUT2D eigenvalue weighted by Crippen LogP contribution is -1.97. The van der Waals surface area contributed by atoms with Gasteiger partial charge in [-0.15, -0.1) is 0 Å². The van der Waals surface area contributed by atoms with Gasteiger partial charge in [-0.25, -0.2) is 0 Å². The highest BCUT2D eigenvalue weighted by atomic mass is 35.5. The fourth-order valence-corrected chi connectivity index (χ4v) is 2.62. The molecule has 0 radical (unpaired) electrons. The van der Waals surface area contributed by atoms with Crippen molar-refractivity contribution in [2.45, 2.75) is 33.6 Å². The topological polar surface area (TPSA) is 17.1 Å². The van der Waals surface area contributed by atoms with E-state index in [1.165, 1.54) is 5.56 Å². The normalized spacial score (nSPS) is 10.9. The summed E-state index contributed by atoms with van der Waals surface area (Å²) in [5.74, 6) is 0.526. The number of hydrogen-bond donors (Lipinski definition) is 0. The number of carbonyl (C=O) groups is 1. The smallest absolute Gasteiger partial charge is 0.160 e. The lowest BCUT2D eigenvalue weighted by Gasteiger charge is -2.12. The molecule has 2 rings (SSSR count). The van der Waals surface area contributed by atoms with Crippen LogP contribution in [0, 0.1) is 6.92 Å². The predicted molar refractivity (Wildman–Crippen MR) is 85.7 cm³/mol. The fraction of sp³-hybridized carbons (Fsp3) is 0.278. The molecular formula is C18H19ClO. The summed E-state index contributed by atoms with van der Waals surface area (Å²) in [4.78, 5) is 11.6. The Balaban J connectivity index is 2.56. The second-order valence-electron chi connectivity index (χ2n) is 5.48. The molecule has 2 aromatic carbocycles. The Morgan fingerprint density at radius 1 is 1.15 bits per heavy atom. The first kappa shape index (κ1) is 14.8. The first-order chi connectivity index (χ1) is 9.40. The van der Waals surface area contributed by atoms with Gasteiger partial charge >= 0.3 is 0 Å². The number of halogens is 1. The standard InChI is InChI=1S/C18H19ClO/c1-11(2)14-6-5-7-15(9-14)17-8-12(3)16(13(4)20)10-18(17)19/h5-11H,1-4H3. The molecule has 0 bridgehead atoms. The Bertz CT molecular complexity index is 656. The average Bonchev–Trinajstić information content (AvgIpc) is 2.40. The van der Waals surface area contributed by atoms with Crippen molar-refractivity contribution in [1.29, 1.82) is 0 Å². The summed E-state index contributed by atoms with van der Waals surface area (Å²) in [6.07, 6.45) is 0. The molecule has 1 nitrogen and oxygen atoms in total. The third kappa shape index (κ3) is 2.94. The van der Waals surface area contributed by atoms with Crippen molar-refractivity contribution in [2.75, 3.05) is 0 Å². The number of ketones is 1. The van der Waals surface area contributed by atoms with E-state index in [0.717, 1.165) is 16.7 Å². The van der Waals surface area contributed by atoms with Crippen LogP contribution >= 0.6 is 11.6 Å². The summed E-state index contributed by atoms with van der Waals surface area (Å²) in [5, 5.41) is 0.627. The van der Waals surface area contributed by atoms with E-state index in [1.54, 1.807) is 13.0 Å². The van der Waals surface area contributed by atoms with Gasteiger partial charge < -0.3 is 0 Å². The number of rotatable bonds is 3. The van der Waals surface area contributed by atoms with Gasteiger partial charge in [-0.05, 0) is 48.6 Å². The maximum Gasteiger partial charge on any atom is 0.160 e. The molecule has 0 saturated carbocycles. The van der Waals surface area contributed by atoms with Gasteiger partial charge in [0.25, 0.3) is 0 Å². The van der Waals surface area contributed by atoms with Crippen molar-refractivity contribution in [3.63, 3.8) is 0 Å². The van der Waals surface area contributed by atoms with Crippen molar-refractivity contribution in [2.24, 2.45) is 0 Å². The first-order valence-electron chi connectivity index (χ1n) is 6.81. The zero-order valence-corrected chi connectivity index (χ0v) is 13.1. The number of Topliss-reactive ketones (excluding diaryl/α,β-unsaturated/α-hetero) is 1. The van der Waals surface area contributed by atoms with Crippen LogP contribution in [0.3, 0.4) is 0 Å². The van der Waals surface area contributed by atoms with Gasteiger partial charge in [-0.2, -0.15) is 0 Å². The zero-order valence-electron chi connectivity index (χ0n) is 12.3. The Labute approximate surface area is 125 Å². The number of hydrogen-bond acceptors (Lipinski definition) is 1. The maximum atomic E-state index is 11.6. The summed E-state index contributed by atoms with van der Waals surface area (Å²) in [7, 11) is 0. The van der Waals surface area contributed by atoms with Gasteiger partial charge in [0.1, 0.15) is 0 Å². The third-order valence-electron chi connectivity index (χ3n) is 3.56. The highest BCUT2D eigenvalue weighted by molar-refractivity contribution is 6.33. The second kappa shape index (κ2) is 5.80. The lowest BCUT2D eigenvalue weighted by atomic mass is 9.94. The van der Waals surface area contributed by atoms with Gasteiger partial charge in [0.15, 0.2) is 5.78 Å². The van der Waals surface area contributed by atoms with Crippen LogP contribution in [0.1, 0.15) is 48.2 Å². The SMILES string of the molecule is CC(=O)c1cc(Cl)c(-c2cccc(C(C)C)c2)cc1C. The Hall–Kier alpha value is -1.60. The minimum atomic E-state index is 0.0480. The first-order valence-corrected chi connectivity index (χ1v) is 7.19. The van der Waals surface area contributed by atoms with Crippen LogP contribution in [-0.2, 0) is 0 Å². The molecular weight excluding hydrogens is 268 g/mol. The number of carbonyl (C=O) groups excluding carboxylic acids is 1. The van der Waals surface area contributed by atoms with E-state index in [2.05, 4.69) is 38.1 Å². The molecule has 0 atom stereocenters. The van der Waals surface area contributed by atoms with Crippen LogP contribution in [0.2, 0.25) is 5.02 Å². The van der Waals surface area contributed by atoms with E-state index in [9.17, 15) is 4.79 Å². The van der Waals surface area contributed by atoms with Crippen molar-refractivity contribution in [3.8, 4) is 11.1 Å². The molecule has 104 valence electrons. The van der Waals surface area contributed by atoms with Gasteiger partial charge in [0.05, 0.1) is 0 Å². The second-order valence-corrected chi connectivity index (χ2v) is 5.89. The van der Waals surface area contributed by atoms with Gasteiger partial charge in [-0.3, -0.25) is 4.79 Å². The number of aryl methyl sites for hydroxylation is 1. The largest absolute Gasteiger partial charge is 0.295 e.